The minimum Gasteiger partial charge on any atom is -0.383 e. The quantitative estimate of drug-likeness (QED) is 0.474. The van der Waals surface area contributed by atoms with Crippen LogP contribution < -0.4 is 5.73 Å². The number of rotatable bonds is 3. The molecule has 2 N–H and O–H groups in total. The third kappa shape index (κ3) is 3.42. The van der Waals surface area contributed by atoms with Crippen LogP contribution in [-0.4, -0.2) is 26.0 Å². The normalized spacial score (nSPS) is 13.4. The van der Waals surface area contributed by atoms with Crippen LogP contribution in [0.4, 0.5) is 0 Å². The van der Waals surface area contributed by atoms with Gasteiger partial charge in [-0.05, 0) is 0 Å². The molecule has 0 spiro atoms. The summed E-state index contributed by atoms with van der Waals surface area (Å²) in [6, 6.07) is -0.454. The monoisotopic (exact) mass is 103 g/mol. The predicted octanol–water partition coefficient (Wildman–Crippen LogP) is -0.841. The Kier molecular flexibility index (Phi) is 3.55. The summed E-state index contributed by atoms with van der Waals surface area (Å²) in [5.74, 6) is 0. The van der Waals surface area contributed by atoms with Gasteiger partial charge in [-0.3, -0.25) is 0 Å². The van der Waals surface area contributed by atoms with E-state index in [0.717, 1.165) is 0 Å². The molecule has 0 unspecified atom stereocenters. The summed E-state index contributed by atoms with van der Waals surface area (Å²) in [4.78, 5) is 9.69. The number of hydrogen-bond acceptors (Lipinski definition) is 3. The fourth-order valence-corrected chi connectivity index (χ4v) is 0.232. The molecular formula is C4H9NO2. The highest BCUT2D eigenvalue weighted by Gasteiger charge is 1.93. The predicted molar refractivity (Wildman–Crippen MR) is 25.9 cm³/mol. The van der Waals surface area contributed by atoms with Crippen LogP contribution in [0, 0.1) is 0 Å². The molecule has 0 radical (unpaired) electrons. The second-order valence-corrected chi connectivity index (χ2v) is 1.26. The van der Waals surface area contributed by atoms with Crippen LogP contribution in [0.25, 0.3) is 0 Å². The van der Waals surface area contributed by atoms with Crippen LogP contribution in [0.1, 0.15) is 0 Å². The average Bonchev–Trinajstić information content (AvgIpc) is 1.68. The van der Waals surface area contributed by atoms with Gasteiger partial charge in [-0.2, -0.15) is 0 Å². The molecule has 0 fully saturated rings. The van der Waals surface area contributed by atoms with Crippen LogP contribution >= 0.6 is 0 Å². The first-order chi connectivity index (χ1) is 3.31. The van der Waals surface area contributed by atoms with Crippen molar-refractivity contribution in [3.05, 3.63) is 0 Å². The summed E-state index contributed by atoms with van der Waals surface area (Å²) >= 11 is 0. The number of carbonyl (C=O) groups excluding carboxylic acids is 1. The summed E-state index contributed by atoms with van der Waals surface area (Å²) < 4.78 is 4.54. The van der Waals surface area contributed by atoms with Gasteiger partial charge in [0.15, 0.2) is 0 Å². The highest BCUT2D eigenvalue weighted by Crippen LogP contribution is 1.69. The zero-order valence-electron chi connectivity index (χ0n) is 4.26. The number of aldehydes is 1. The Bertz CT molecular complexity index is 55.7. The van der Waals surface area contributed by atoms with Gasteiger partial charge in [0, 0.05) is 7.11 Å². The Morgan fingerprint density at radius 1 is 2.00 bits per heavy atom. The highest BCUT2D eigenvalue weighted by atomic mass is 16.5. The van der Waals surface area contributed by atoms with Gasteiger partial charge in [-0.1, -0.05) is 0 Å². The number of nitrogens with two attached hydrogens (primary N) is 1. The van der Waals surface area contributed by atoms with Crippen LogP contribution in [0.15, 0.2) is 0 Å². The van der Waals surface area contributed by atoms with Gasteiger partial charge in [-0.25, -0.2) is 0 Å². The Morgan fingerprint density at radius 3 is 2.71 bits per heavy atom. The zero-order chi connectivity index (χ0) is 5.70. The van der Waals surface area contributed by atoms with Crippen molar-refractivity contribution >= 4 is 6.29 Å². The van der Waals surface area contributed by atoms with Gasteiger partial charge in [0.1, 0.15) is 6.29 Å². The second-order valence-electron chi connectivity index (χ2n) is 1.26. The van der Waals surface area contributed by atoms with E-state index in [2.05, 4.69) is 4.74 Å². The van der Waals surface area contributed by atoms with Gasteiger partial charge in [0.25, 0.3) is 0 Å². The molecule has 0 saturated carbocycles. The van der Waals surface area contributed by atoms with Crippen molar-refractivity contribution in [1.82, 2.24) is 0 Å². The average molecular weight is 103 g/mol. The molecule has 0 aromatic heterocycles. The summed E-state index contributed by atoms with van der Waals surface area (Å²) in [7, 11) is 1.50. The molecule has 0 rings (SSSR count). The molecule has 7 heavy (non-hydrogen) atoms. The van der Waals surface area contributed by atoms with Gasteiger partial charge >= 0.3 is 0 Å². The van der Waals surface area contributed by atoms with E-state index in [1.807, 2.05) is 0 Å². The van der Waals surface area contributed by atoms with Gasteiger partial charge < -0.3 is 15.3 Å². The third-order valence-corrected chi connectivity index (χ3v) is 0.534. The topological polar surface area (TPSA) is 52.3 Å². The maximum absolute atomic E-state index is 9.69. The number of hydrogen-bond donors (Lipinski definition) is 1. The lowest BCUT2D eigenvalue weighted by Crippen LogP contribution is -2.26. The van der Waals surface area contributed by atoms with E-state index in [1.165, 1.54) is 7.11 Å². The van der Waals surface area contributed by atoms with Crippen molar-refractivity contribution in [2.75, 3.05) is 13.7 Å². The van der Waals surface area contributed by atoms with E-state index in [4.69, 9.17) is 5.73 Å². The molecule has 0 aromatic carbocycles. The van der Waals surface area contributed by atoms with Crippen molar-refractivity contribution in [3.8, 4) is 0 Å². The summed E-state index contributed by atoms with van der Waals surface area (Å²) in [6.07, 6.45) is 0.656. The lowest BCUT2D eigenvalue weighted by molar-refractivity contribution is -0.109. The SMILES string of the molecule is COC[C@@H](N)C=O. The van der Waals surface area contributed by atoms with E-state index in [1.54, 1.807) is 0 Å². The zero-order valence-corrected chi connectivity index (χ0v) is 4.26. The second kappa shape index (κ2) is 3.77. The maximum Gasteiger partial charge on any atom is 0.139 e. The Labute approximate surface area is 42.4 Å². The van der Waals surface area contributed by atoms with E-state index in [0.29, 0.717) is 12.9 Å². The van der Waals surface area contributed by atoms with Gasteiger partial charge in [0.2, 0.25) is 0 Å². The van der Waals surface area contributed by atoms with Crippen LogP contribution in [0.3, 0.4) is 0 Å². The fraction of sp³-hybridized carbons (Fsp3) is 0.750. The van der Waals surface area contributed by atoms with Gasteiger partial charge in [-0.15, -0.1) is 0 Å². The van der Waals surface area contributed by atoms with Crippen LogP contribution in [0.5, 0.6) is 0 Å². The van der Waals surface area contributed by atoms with Crippen molar-refractivity contribution < 1.29 is 9.53 Å². The Morgan fingerprint density at radius 2 is 2.57 bits per heavy atom. The minimum atomic E-state index is -0.454. The largest absolute Gasteiger partial charge is 0.383 e. The Hall–Kier alpha value is -0.410. The molecule has 3 nitrogen and oxygen atoms in total. The fourth-order valence-electron chi connectivity index (χ4n) is 0.232. The van der Waals surface area contributed by atoms with E-state index in [-0.39, 0.29) is 0 Å². The molecule has 3 heteroatoms. The highest BCUT2D eigenvalue weighted by molar-refractivity contribution is 5.56. The first-order valence-electron chi connectivity index (χ1n) is 2.01. The van der Waals surface area contributed by atoms with E-state index in [9.17, 15) is 4.79 Å². The van der Waals surface area contributed by atoms with Crippen molar-refractivity contribution in [1.29, 1.82) is 0 Å². The smallest absolute Gasteiger partial charge is 0.139 e. The number of methoxy groups -OCH3 is 1. The van der Waals surface area contributed by atoms with E-state index >= 15 is 0 Å². The molecule has 0 aliphatic heterocycles. The third-order valence-electron chi connectivity index (χ3n) is 0.534. The summed E-state index contributed by atoms with van der Waals surface area (Å²) in [5.41, 5.74) is 5.09. The van der Waals surface area contributed by atoms with Crippen molar-refractivity contribution in [2.24, 2.45) is 5.73 Å². The number of ether oxygens (including phenoxy) is 1. The molecule has 0 saturated heterocycles. The first-order valence-corrected chi connectivity index (χ1v) is 2.01. The minimum absolute atomic E-state index is 0.309. The maximum atomic E-state index is 9.69. The van der Waals surface area contributed by atoms with Crippen LogP contribution in [-0.2, 0) is 9.53 Å². The number of carbonyl (C=O) groups is 1. The molecule has 0 bridgehead atoms. The molecule has 42 valence electrons. The molecule has 1 atom stereocenters. The lowest BCUT2D eigenvalue weighted by atomic mass is 10.4. The molecular weight excluding hydrogens is 94.0 g/mol. The molecule has 0 aliphatic rings. The lowest BCUT2D eigenvalue weighted by Gasteiger charge is -1.97. The molecule has 0 amide bonds. The molecule has 0 aromatic rings. The molecule has 0 aliphatic carbocycles. The summed E-state index contributed by atoms with van der Waals surface area (Å²) in [5, 5.41) is 0. The molecule has 0 heterocycles. The Balaban J connectivity index is 2.98. The van der Waals surface area contributed by atoms with Crippen molar-refractivity contribution in [3.63, 3.8) is 0 Å². The van der Waals surface area contributed by atoms with Crippen LogP contribution in [0.2, 0.25) is 0 Å². The van der Waals surface area contributed by atoms with Gasteiger partial charge in [0.05, 0.1) is 12.6 Å². The standard InChI is InChI=1S/C4H9NO2/c1-7-3-4(5)2-6/h2,4H,3,5H2,1H3/t4-/m0/s1. The summed E-state index contributed by atoms with van der Waals surface area (Å²) in [6.45, 7) is 0.309. The van der Waals surface area contributed by atoms with Crippen molar-refractivity contribution in [2.45, 2.75) is 6.04 Å². The first kappa shape index (κ1) is 6.59. The van der Waals surface area contributed by atoms with E-state index < -0.39 is 6.04 Å².